The highest BCUT2D eigenvalue weighted by atomic mass is 19.4. The van der Waals surface area contributed by atoms with Crippen LogP contribution < -0.4 is 0 Å². The Bertz CT molecular complexity index is 331. The fourth-order valence-corrected chi connectivity index (χ4v) is 0.800. The third kappa shape index (κ3) is 2.21. The molecule has 1 aromatic rings. The molecule has 1 rings (SSSR count). The Balaban J connectivity index is 2.95. The number of rotatable bonds is 1. The summed E-state index contributed by atoms with van der Waals surface area (Å²) in [5.74, 6) is -0.716. The first-order valence-electron chi connectivity index (χ1n) is 3.56. The molecule has 3 nitrogen and oxygen atoms in total. The molecule has 0 saturated carbocycles. The number of pyridine rings is 1. The zero-order valence-corrected chi connectivity index (χ0v) is 7.13. The van der Waals surface area contributed by atoms with Crippen molar-refractivity contribution in [2.45, 2.75) is 6.18 Å². The van der Waals surface area contributed by atoms with E-state index < -0.39 is 17.8 Å². The highest BCUT2D eigenvalue weighted by molar-refractivity contribution is 5.88. The summed E-state index contributed by atoms with van der Waals surface area (Å²) in [6, 6.07) is 1.74. The van der Waals surface area contributed by atoms with E-state index in [0.29, 0.717) is 0 Å². The van der Waals surface area contributed by atoms with Crippen molar-refractivity contribution in [1.82, 2.24) is 4.98 Å². The second-order valence-corrected chi connectivity index (χ2v) is 2.42. The van der Waals surface area contributed by atoms with Crippen LogP contribution in [0, 0.1) is 0 Å². The molecule has 0 radical (unpaired) electrons. The Morgan fingerprint density at radius 1 is 1.43 bits per heavy atom. The van der Waals surface area contributed by atoms with Crippen LogP contribution in [0.2, 0.25) is 0 Å². The monoisotopic (exact) mass is 205 g/mol. The minimum absolute atomic E-state index is 0.0134. The third-order valence-corrected chi connectivity index (χ3v) is 1.48. The number of ether oxygens (including phenoxy) is 1. The number of hydrogen-bond acceptors (Lipinski definition) is 3. The van der Waals surface area contributed by atoms with Gasteiger partial charge >= 0.3 is 12.1 Å². The number of esters is 1. The SMILES string of the molecule is COC(=O)c1ccc(C(F)(F)F)nc1. The number of alkyl halides is 3. The Labute approximate surface area is 77.5 Å². The predicted molar refractivity (Wildman–Crippen MR) is 40.6 cm³/mol. The lowest BCUT2D eigenvalue weighted by atomic mass is 10.2. The zero-order valence-electron chi connectivity index (χ0n) is 7.13. The van der Waals surface area contributed by atoms with Crippen molar-refractivity contribution < 1.29 is 22.7 Å². The fraction of sp³-hybridized carbons (Fsp3) is 0.250. The van der Waals surface area contributed by atoms with Gasteiger partial charge in [-0.05, 0) is 12.1 Å². The van der Waals surface area contributed by atoms with Gasteiger partial charge in [0, 0.05) is 6.20 Å². The van der Waals surface area contributed by atoms with Gasteiger partial charge in [0.05, 0.1) is 12.7 Å². The van der Waals surface area contributed by atoms with Crippen LogP contribution in [0.1, 0.15) is 16.1 Å². The quantitative estimate of drug-likeness (QED) is 0.657. The van der Waals surface area contributed by atoms with E-state index in [0.717, 1.165) is 25.4 Å². The van der Waals surface area contributed by atoms with E-state index >= 15 is 0 Å². The molecule has 0 N–H and O–H groups in total. The number of hydrogen-bond donors (Lipinski definition) is 0. The van der Waals surface area contributed by atoms with Gasteiger partial charge in [0.2, 0.25) is 0 Å². The molecular formula is C8H6F3NO2. The summed E-state index contributed by atoms with van der Waals surface area (Å²) >= 11 is 0. The topological polar surface area (TPSA) is 39.2 Å². The van der Waals surface area contributed by atoms with Crippen LogP contribution in [0.15, 0.2) is 18.3 Å². The van der Waals surface area contributed by atoms with Gasteiger partial charge in [0.25, 0.3) is 0 Å². The first-order chi connectivity index (χ1) is 6.45. The van der Waals surface area contributed by atoms with Crippen LogP contribution in [0.5, 0.6) is 0 Å². The maximum atomic E-state index is 12.0. The molecule has 0 unspecified atom stereocenters. The summed E-state index contributed by atoms with van der Waals surface area (Å²) in [6.07, 6.45) is -3.66. The maximum absolute atomic E-state index is 12.0. The Hall–Kier alpha value is -1.59. The summed E-state index contributed by atoms with van der Waals surface area (Å²) in [4.78, 5) is 13.9. The van der Waals surface area contributed by atoms with E-state index in [9.17, 15) is 18.0 Å². The normalized spacial score (nSPS) is 11.1. The molecule has 0 spiro atoms. The summed E-state index contributed by atoms with van der Waals surface area (Å²) in [5, 5.41) is 0. The lowest BCUT2D eigenvalue weighted by molar-refractivity contribution is -0.141. The van der Waals surface area contributed by atoms with Gasteiger partial charge < -0.3 is 4.74 Å². The second-order valence-electron chi connectivity index (χ2n) is 2.42. The van der Waals surface area contributed by atoms with Crippen molar-refractivity contribution in [3.05, 3.63) is 29.6 Å². The predicted octanol–water partition coefficient (Wildman–Crippen LogP) is 1.89. The summed E-state index contributed by atoms with van der Waals surface area (Å²) in [7, 11) is 1.14. The molecule has 0 aliphatic rings. The highest BCUT2D eigenvalue weighted by Crippen LogP contribution is 2.27. The molecule has 0 aliphatic carbocycles. The molecule has 6 heteroatoms. The molecule has 1 heterocycles. The molecule has 14 heavy (non-hydrogen) atoms. The van der Waals surface area contributed by atoms with Crippen LogP contribution in [-0.2, 0) is 10.9 Å². The van der Waals surface area contributed by atoms with E-state index in [1.165, 1.54) is 0 Å². The molecule has 0 fully saturated rings. The van der Waals surface area contributed by atoms with E-state index in [1.54, 1.807) is 0 Å². The largest absolute Gasteiger partial charge is 0.465 e. The average Bonchev–Trinajstić information content (AvgIpc) is 2.15. The molecule has 0 amide bonds. The lowest BCUT2D eigenvalue weighted by Gasteiger charge is -2.05. The highest BCUT2D eigenvalue weighted by Gasteiger charge is 2.32. The van der Waals surface area contributed by atoms with Crippen LogP contribution >= 0.6 is 0 Å². The minimum Gasteiger partial charge on any atom is -0.465 e. The molecular weight excluding hydrogens is 199 g/mol. The Morgan fingerprint density at radius 3 is 2.43 bits per heavy atom. The van der Waals surface area contributed by atoms with Gasteiger partial charge in [0.15, 0.2) is 0 Å². The van der Waals surface area contributed by atoms with Crippen LogP contribution in [-0.4, -0.2) is 18.1 Å². The molecule has 0 bridgehead atoms. The Kier molecular flexibility index (Phi) is 2.73. The number of aromatic nitrogens is 1. The van der Waals surface area contributed by atoms with Crippen molar-refractivity contribution in [3.63, 3.8) is 0 Å². The minimum atomic E-state index is -4.49. The molecule has 0 saturated heterocycles. The van der Waals surface area contributed by atoms with Gasteiger partial charge in [-0.3, -0.25) is 4.98 Å². The summed E-state index contributed by atoms with van der Waals surface area (Å²) in [5.41, 5.74) is -1.05. The summed E-state index contributed by atoms with van der Waals surface area (Å²) in [6.45, 7) is 0. The van der Waals surface area contributed by atoms with Crippen molar-refractivity contribution in [3.8, 4) is 0 Å². The van der Waals surface area contributed by atoms with E-state index in [1.807, 2.05) is 0 Å². The van der Waals surface area contributed by atoms with Gasteiger partial charge in [-0.25, -0.2) is 4.79 Å². The summed E-state index contributed by atoms with van der Waals surface area (Å²) < 4.78 is 40.4. The molecule has 0 aromatic carbocycles. The maximum Gasteiger partial charge on any atom is 0.433 e. The molecule has 1 aromatic heterocycles. The smallest absolute Gasteiger partial charge is 0.433 e. The fourth-order valence-electron chi connectivity index (χ4n) is 0.800. The van der Waals surface area contributed by atoms with Gasteiger partial charge in [-0.2, -0.15) is 13.2 Å². The number of carbonyl (C=O) groups excluding carboxylic acids is 1. The van der Waals surface area contributed by atoms with Crippen molar-refractivity contribution in [2.75, 3.05) is 7.11 Å². The van der Waals surface area contributed by atoms with Gasteiger partial charge in [-0.15, -0.1) is 0 Å². The van der Waals surface area contributed by atoms with E-state index in [-0.39, 0.29) is 5.56 Å². The van der Waals surface area contributed by atoms with E-state index in [2.05, 4.69) is 9.72 Å². The first-order valence-corrected chi connectivity index (χ1v) is 3.56. The standard InChI is InChI=1S/C8H6F3NO2/c1-14-7(13)5-2-3-6(12-4-5)8(9,10)11/h2-4H,1H3. The van der Waals surface area contributed by atoms with Crippen LogP contribution in [0.3, 0.4) is 0 Å². The zero-order chi connectivity index (χ0) is 10.8. The molecule has 76 valence electrons. The number of halogens is 3. The van der Waals surface area contributed by atoms with Crippen LogP contribution in [0.4, 0.5) is 13.2 Å². The van der Waals surface area contributed by atoms with Crippen molar-refractivity contribution in [2.24, 2.45) is 0 Å². The van der Waals surface area contributed by atoms with Crippen molar-refractivity contribution >= 4 is 5.97 Å². The van der Waals surface area contributed by atoms with E-state index in [4.69, 9.17) is 0 Å². The molecule has 0 atom stereocenters. The van der Waals surface area contributed by atoms with Gasteiger partial charge in [-0.1, -0.05) is 0 Å². The third-order valence-electron chi connectivity index (χ3n) is 1.48. The average molecular weight is 205 g/mol. The molecule has 0 aliphatic heterocycles. The second kappa shape index (κ2) is 3.65. The number of carbonyl (C=O) groups is 1. The lowest BCUT2D eigenvalue weighted by Crippen LogP contribution is -2.09. The van der Waals surface area contributed by atoms with Crippen molar-refractivity contribution in [1.29, 1.82) is 0 Å². The number of methoxy groups -OCH3 is 1. The first kappa shape index (κ1) is 10.5. The number of nitrogens with zero attached hydrogens (tertiary/aromatic N) is 1. The van der Waals surface area contributed by atoms with Crippen LogP contribution in [0.25, 0.3) is 0 Å². The Morgan fingerprint density at radius 2 is 2.07 bits per heavy atom. The van der Waals surface area contributed by atoms with Gasteiger partial charge in [0.1, 0.15) is 5.69 Å².